The van der Waals surface area contributed by atoms with Crippen LogP contribution in [0, 0.1) is 0 Å². The smallest absolute Gasteiger partial charge is 0.225 e. The predicted octanol–water partition coefficient (Wildman–Crippen LogP) is 1.56. The molecule has 0 radical (unpaired) electrons. The zero-order chi connectivity index (χ0) is 14.7. The highest BCUT2D eigenvalue weighted by Gasteiger charge is 2.17. The van der Waals surface area contributed by atoms with Crippen molar-refractivity contribution in [2.24, 2.45) is 7.05 Å². The zero-order valence-corrected chi connectivity index (χ0v) is 12.0. The molecule has 1 aromatic carbocycles. The highest BCUT2D eigenvalue weighted by molar-refractivity contribution is 5.91. The highest BCUT2D eigenvalue weighted by Crippen LogP contribution is 2.19. The summed E-state index contributed by atoms with van der Waals surface area (Å²) in [5.41, 5.74) is 1.79. The van der Waals surface area contributed by atoms with E-state index in [-0.39, 0.29) is 5.91 Å². The minimum Gasteiger partial charge on any atom is -0.326 e. The quantitative estimate of drug-likeness (QED) is 0.894. The Morgan fingerprint density at radius 1 is 1.43 bits per heavy atom. The molecule has 1 aliphatic rings. The van der Waals surface area contributed by atoms with Gasteiger partial charge in [0.05, 0.1) is 0 Å². The number of amides is 1. The number of carbonyl (C=O) groups excluding carboxylic acids is 1. The van der Waals surface area contributed by atoms with E-state index >= 15 is 0 Å². The molecule has 1 saturated heterocycles. The lowest BCUT2D eigenvalue weighted by Crippen LogP contribution is -2.27. The first kappa shape index (κ1) is 13.8. The molecule has 3 rings (SSSR count). The number of carbonyl (C=O) groups is 1. The van der Waals surface area contributed by atoms with Crippen molar-refractivity contribution in [3.05, 3.63) is 30.6 Å². The standard InChI is InChI=1S/C15H19N5O/c1-20-10-17-19-15(20)11-4-6-12(7-5-11)18-14(21)9-13-3-2-8-16-13/h4-7,10,13,16H,2-3,8-9H2,1H3,(H,18,21). The molecular weight excluding hydrogens is 266 g/mol. The molecule has 21 heavy (non-hydrogen) atoms. The number of aromatic nitrogens is 3. The summed E-state index contributed by atoms with van der Waals surface area (Å²) >= 11 is 0. The van der Waals surface area contributed by atoms with Gasteiger partial charge in [0, 0.05) is 30.8 Å². The Labute approximate surface area is 123 Å². The maximum Gasteiger partial charge on any atom is 0.225 e. The largest absolute Gasteiger partial charge is 0.326 e. The number of nitrogens with one attached hydrogen (secondary N) is 2. The molecule has 1 aromatic heterocycles. The van der Waals surface area contributed by atoms with E-state index < -0.39 is 0 Å². The third kappa shape index (κ3) is 3.28. The number of hydrogen-bond donors (Lipinski definition) is 2. The second-order valence-corrected chi connectivity index (χ2v) is 5.39. The van der Waals surface area contributed by atoms with Gasteiger partial charge in [0.15, 0.2) is 5.82 Å². The molecule has 2 heterocycles. The topological polar surface area (TPSA) is 71.8 Å². The van der Waals surface area contributed by atoms with E-state index in [9.17, 15) is 4.79 Å². The van der Waals surface area contributed by atoms with Gasteiger partial charge in [-0.05, 0) is 43.7 Å². The molecule has 0 aliphatic carbocycles. The van der Waals surface area contributed by atoms with Crippen LogP contribution in [0.25, 0.3) is 11.4 Å². The van der Waals surface area contributed by atoms with Crippen LogP contribution in [-0.4, -0.2) is 33.3 Å². The minimum atomic E-state index is 0.0563. The molecule has 0 saturated carbocycles. The molecule has 1 atom stereocenters. The average Bonchev–Trinajstić information content (AvgIpc) is 3.11. The molecule has 2 N–H and O–H groups in total. The van der Waals surface area contributed by atoms with E-state index in [0.29, 0.717) is 12.5 Å². The Morgan fingerprint density at radius 3 is 2.86 bits per heavy atom. The third-order valence-electron chi connectivity index (χ3n) is 3.73. The summed E-state index contributed by atoms with van der Waals surface area (Å²) in [7, 11) is 1.90. The van der Waals surface area contributed by atoms with Crippen molar-refractivity contribution in [3.63, 3.8) is 0 Å². The van der Waals surface area contributed by atoms with Crippen molar-refractivity contribution >= 4 is 11.6 Å². The van der Waals surface area contributed by atoms with Gasteiger partial charge in [0.1, 0.15) is 6.33 Å². The van der Waals surface area contributed by atoms with Gasteiger partial charge in [0.2, 0.25) is 5.91 Å². The van der Waals surface area contributed by atoms with E-state index in [0.717, 1.165) is 36.5 Å². The Bertz CT molecular complexity index is 613. The van der Waals surface area contributed by atoms with Gasteiger partial charge in [0.25, 0.3) is 0 Å². The first-order valence-electron chi connectivity index (χ1n) is 7.20. The second-order valence-electron chi connectivity index (χ2n) is 5.39. The number of nitrogens with zero attached hydrogens (tertiary/aromatic N) is 3. The first-order chi connectivity index (χ1) is 10.2. The maximum atomic E-state index is 12.0. The molecule has 110 valence electrons. The van der Waals surface area contributed by atoms with Crippen molar-refractivity contribution in [2.45, 2.75) is 25.3 Å². The van der Waals surface area contributed by atoms with Crippen LogP contribution >= 0.6 is 0 Å². The van der Waals surface area contributed by atoms with Crippen molar-refractivity contribution in [2.75, 3.05) is 11.9 Å². The van der Waals surface area contributed by atoms with E-state index in [1.807, 2.05) is 35.9 Å². The lowest BCUT2D eigenvalue weighted by Gasteiger charge is -2.10. The minimum absolute atomic E-state index is 0.0563. The van der Waals surface area contributed by atoms with Gasteiger partial charge in [-0.1, -0.05) is 0 Å². The Kier molecular flexibility index (Phi) is 3.96. The van der Waals surface area contributed by atoms with E-state index in [2.05, 4.69) is 20.8 Å². The van der Waals surface area contributed by atoms with Gasteiger partial charge in [-0.15, -0.1) is 10.2 Å². The number of rotatable bonds is 4. The summed E-state index contributed by atoms with van der Waals surface area (Å²) in [5, 5.41) is 14.2. The Hall–Kier alpha value is -2.21. The van der Waals surface area contributed by atoms with Crippen LogP contribution in [0.5, 0.6) is 0 Å². The molecule has 1 amide bonds. The van der Waals surface area contributed by atoms with Crippen molar-refractivity contribution in [1.82, 2.24) is 20.1 Å². The average molecular weight is 285 g/mol. The monoisotopic (exact) mass is 285 g/mol. The van der Waals surface area contributed by atoms with Gasteiger partial charge in [-0.25, -0.2) is 0 Å². The summed E-state index contributed by atoms with van der Waals surface area (Å²) < 4.78 is 1.86. The molecule has 1 aliphatic heterocycles. The van der Waals surface area contributed by atoms with Crippen LogP contribution in [0.2, 0.25) is 0 Å². The molecule has 2 aromatic rings. The van der Waals surface area contributed by atoms with Crippen molar-refractivity contribution < 1.29 is 4.79 Å². The number of hydrogen-bond acceptors (Lipinski definition) is 4. The van der Waals surface area contributed by atoms with Crippen LogP contribution in [0.3, 0.4) is 0 Å². The first-order valence-corrected chi connectivity index (χ1v) is 7.20. The van der Waals surface area contributed by atoms with Crippen LogP contribution in [0.4, 0.5) is 5.69 Å². The number of benzene rings is 1. The molecule has 0 spiro atoms. The fourth-order valence-corrected chi connectivity index (χ4v) is 2.61. The van der Waals surface area contributed by atoms with Crippen LogP contribution in [-0.2, 0) is 11.8 Å². The third-order valence-corrected chi connectivity index (χ3v) is 3.73. The Balaban J connectivity index is 1.61. The fourth-order valence-electron chi connectivity index (χ4n) is 2.61. The van der Waals surface area contributed by atoms with Crippen molar-refractivity contribution in [1.29, 1.82) is 0 Å². The summed E-state index contributed by atoms with van der Waals surface area (Å²) in [4.78, 5) is 12.0. The molecule has 0 bridgehead atoms. The van der Waals surface area contributed by atoms with Crippen LogP contribution in [0.15, 0.2) is 30.6 Å². The van der Waals surface area contributed by atoms with Crippen molar-refractivity contribution in [3.8, 4) is 11.4 Å². The maximum absolute atomic E-state index is 12.0. The summed E-state index contributed by atoms with van der Waals surface area (Å²) in [5.74, 6) is 0.865. The fraction of sp³-hybridized carbons (Fsp3) is 0.400. The molecular formula is C15H19N5O. The van der Waals surface area contributed by atoms with Crippen LogP contribution < -0.4 is 10.6 Å². The Morgan fingerprint density at radius 2 is 2.24 bits per heavy atom. The van der Waals surface area contributed by atoms with E-state index in [1.165, 1.54) is 0 Å². The summed E-state index contributed by atoms with van der Waals surface area (Å²) in [6, 6.07) is 7.98. The molecule has 1 fully saturated rings. The normalized spacial score (nSPS) is 17.9. The van der Waals surface area contributed by atoms with Gasteiger partial charge < -0.3 is 15.2 Å². The predicted molar refractivity (Wildman–Crippen MR) is 80.7 cm³/mol. The molecule has 6 nitrogen and oxygen atoms in total. The number of aryl methyl sites for hydroxylation is 1. The second kappa shape index (κ2) is 6.05. The van der Waals surface area contributed by atoms with Crippen LogP contribution in [0.1, 0.15) is 19.3 Å². The highest BCUT2D eigenvalue weighted by atomic mass is 16.1. The molecule has 6 heteroatoms. The SMILES string of the molecule is Cn1cnnc1-c1ccc(NC(=O)CC2CCCN2)cc1. The van der Waals surface area contributed by atoms with E-state index in [1.54, 1.807) is 6.33 Å². The van der Waals surface area contributed by atoms with Gasteiger partial charge in [-0.3, -0.25) is 4.79 Å². The summed E-state index contributed by atoms with van der Waals surface area (Å²) in [6.07, 6.45) is 4.44. The lowest BCUT2D eigenvalue weighted by atomic mass is 10.1. The van der Waals surface area contributed by atoms with E-state index in [4.69, 9.17) is 0 Å². The lowest BCUT2D eigenvalue weighted by molar-refractivity contribution is -0.116. The van der Waals surface area contributed by atoms with Gasteiger partial charge in [-0.2, -0.15) is 0 Å². The zero-order valence-electron chi connectivity index (χ0n) is 12.0. The summed E-state index contributed by atoms with van der Waals surface area (Å²) in [6.45, 7) is 1.02. The molecule has 1 unspecified atom stereocenters. The van der Waals surface area contributed by atoms with Gasteiger partial charge >= 0.3 is 0 Å². The number of anilines is 1.